The van der Waals surface area contributed by atoms with Crippen molar-refractivity contribution in [2.45, 2.75) is 85.4 Å². The van der Waals surface area contributed by atoms with Crippen molar-refractivity contribution < 1.29 is 4.79 Å². The highest BCUT2D eigenvalue weighted by Gasteiger charge is 2.47. The Morgan fingerprint density at radius 2 is 1.95 bits per heavy atom. The summed E-state index contributed by atoms with van der Waals surface area (Å²) in [6.07, 6.45) is 5.97. The second kappa shape index (κ2) is 7.44. The molecule has 3 unspecified atom stereocenters. The number of carbonyl (C=O) groups is 1. The number of unbranched alkanes of at least 4 members (excludes halogenated alkanes) is 1. The third-order valence-corrected chi connectivity index (χ3v) is 4.87. The summed E-state index contributed by atoms with van der Waals surface area (Å²) in [4.78, 5) is 14.9. The van der Waals surface area contributed by atoms with E-state index in [0.717, 1.165) is 19.4 Å². The summed E-state index contributed by atoms with van der Waals surface area (Å²) in [6, 6.07) is 0. The largest absolute Gasteiger partial charge is 0.325 e. The average molecular weight is 282 g/mol. The fraction of sp³-hybridized carbons (Fsp3) is 0.941. The van der Waals surface area contributed by atoms with Crippen LogP contribution in [0.4, 0.5) is 0 Å². The highest BCUT2D eigenvalue weighted by Crippen LogP contribution is 2.29. The van der Waals surface area contributed by atoms with Crippen molar-refractivity contribution in [2.75, 3.05) is 6.54 Å². The van der Waals surface area contributed by atoms with E-state index in [2.05, 4.69) is 51.8 Å². The fourth-order valence-electron chi connectivity index (χ4n) is 3.08. The quantitative estimate of drug-likeness (QED) is 0.734. The van der Waals surface area contributed by atoms with Crippen LogP contribution in [0, 0.1) is 11.8 Å². The molecule has 1 rings (SSSR count). The zero-order valence-electron chi connectivity index (χ0n) is 14.3. The van der Waals surface area contributed by atoms with Gasteiger partial charge in [-0.25, -0.2) is 0 Å². The van der Waals surface area contributed by atoms with E-state index in [1.165, 1.54) is 19.3 Å². The molecule has 20 heavy (non-hydrogen) atoms. The van der Waals surface area contributed by atoms with Crippen molar-refractivity contribution in [2.24, 2.45) is 11.8 Å². The summed E-state index contributed by atoms with van der Waals surface area (Å²) in [5.74, 6) is 1.39. The van der Waals surface area contributed by atoms with Crippen LogP contribution in [0.2, 0.25) is 0 Å². The van der Waals surface area contributed by atoms with E-state index < -0.39 is 0 Å². The monoisotopic (exact) mass is 282 g/mol. The molecule has 118 valence electrons. The molecule has 0 aromatic heterocycles. The lowest BCUT2D eigenvalue weighted by atomic mass is 9.96. The van der Waals surface area contributed by atoms with Gasteiger partial charge in [0.25, 0.3) is 0 Å². The molecular formula is C17H34N2O. The van der Waals surface area contributed by atoms with Crippen LogP contribution in [0.3, 0.4) is 0 Å². The highest BCUT2D eigenvalue weighted by atomic mass is 16.2. The van der Waals surface area contributed by atoms with Crippen molar-refractivity contribution in [3.8, 4) is 0 Å². The van der Waals surface area contributed by atoms with E-state index in [4.69, 9.17) is 0 Å². The van der Waals surface area contributed by atoms with Crippen LogP contribution in [0.1, 0.15) is 73.6 Å². The third-order valence-electron chi connectivity index (χ3n) is 4.87. The summed E-state index contributed by atoms with van der Waals surface area (Å²) in [5.41, 5.74) is -0.363. The molecule has 0 spiro atoms. The van der Waals surface area contributed by atoms with E-state index in [9.17, 15) is 4.79 Å². The standard InChI is InChI=1S/C17H34N2O/c1-7-10-11-14(8-2)12-19-15(13(4)5)18-17(6,9-3)16(19)20/h13-15,18H,7-12H2,1-6H3. The van der Waals surface area contributed by atoms with E-state index in [-0.39, 0.29) is 11.7 Å². The number of hydrogen-bond acceptors (Lipinski definition) is 2. The highest BCUT2D eigenvalue weighted by molar-refractivity contribution is 5.88. The molecule has 1 aliphatic heterocycles. The number of carbonyl (C=O) groups excluding carboxylic acids is 1. The van der Waals surface area contributed by atoms with Gasteiger partial charge in [-0.05, 0) is 31.6 Å². The molecule has 0 saturated carbocycles. The number of nitrogens with zero attached hydrogens (tertiary/aromatic N) is 1. The smallest absolute Gasteiger partial charge is 0.243 e. The molecule has 1 amide bonds. The first kappa shape index (κ1) is 17.5. The van der Waals surface area contributed by atoms with Crippen molar-refractivity contribution in [3.05, 3.63) is 0 Å². The minimum absolute atomic E-state index is 0.197. The van der Waals surface area contributed by atoms with Gasteiger partial charge in [0, 0.05) is 6.54 Å². The molecule has 1 N–H and O–H groups in total. The molecule has 1 heterocycles. The van der Waals surface area contributed by atoms with Crippen LogP contribution in [0.15, 0.2) is 0 Å². The predicted octanol–water partition coefficient (Wildman–Crippen LogP) is 3.79. The number of hydrogen-bond donors (Lipinski definition) is 1. The van der Waals surface area contributed by atoms with Crippen molar-refractivity contribution in [3.63, 3.8) is 0 Å². The molecule has 0 bridgehead atoms. The van der Waals surface area contributed by atoms with E-state index in [1.807, 2.05) is 0 Å². The van der Waals surface area contributed by atoms with Crippen LogP contribution in [-0.2, 0) is 4.79 Å². The Kier molecular flexibility index (Phi) is 6.50. The third kappa shape index (κ3) is 3.75. The van der Waals surface area contributed by atoms with Crippen molar-refractivity contribution in [1.82, 2.24) is 10.2 Å². The van der Waals surface area contributed by atoms with Gasteiger partial charge in [-0.3, -0.25) is 10.1 Å². The van der Waals surface area contributed by atoms with Gasteiger partial charge < -0.3 is 4.90 Å². The lowest BCUT2D eigenvalue weighted by Gasteiger charge is -2.30. The Bertz CT molecular complexity index is 316. The molecule has 0 radical (unpaired) electrons. The van der Waals surface area contributed by atoms with Crippen molar-refractivity contribution >= 4 is 5.91 Å². The second-order valence-electron chi connectivity index (χ2n) is 6.89. The number of amides is 1. The molecule has 1 aliphatic rings. The number of rotatable bonds is 8. The van der Waals surface area contributed by atoms with Gasteiger partial charge in [-0.15, -0.1) is 0 Å². The van der Waals surface area contributed by atoms with E-state index >= 15 is 0 Å². The minimum atomic E-state index is -0.363. The molecule has 3 heteroatoms. The summed E-state index contributed by atoms with van der Waals surface area (Å²) >= 11 is 0. The van der Waals surface area contributed by atoms with Gasteiger partial charge in [0.15, 0.2) is 0 Å². The Morgan fingerprint density at radius 3 is 2.40 bits per heavy atom. The van der Waals surface area contributed by atoms with Gasteiger partial charge in [0.1, 0.15) is 0 Å². The first-order valence-electron chi connectivity index (χ1n) is 8.48. The molecule has 0 aromatic carbocycles. The first-order valence-corrected chi connectivity index (χ1v) is 8.48. The lowest BCUT2D eigenvalue weighted by Crippen LogP contribution is -2.45. The van der Waals surface area contributed by atoms with Gasteiger partial charge >= 0.3 is 0 Å². The van der Waals surface area contributed by atoms with Gasteiger partial charge in [-0.2, -0.15) is 0 Å². The minimum Gasteiger partial charge on any atom is -0.325 e. The molecule has 0 aliphatic carbocycles. The predicted molar refractivity (Wildman–Crippen MR) is 85.5 cm³/mol. The maximum absolute atomic E-state index is 12.8. The summed E-state index contributed by atoms with van der Waals surface area (Å²) in [6.45, 7) is 14.0. The topological polar surface area (TPSA) is 32.3 Å². The maximum atomic E-state index is 12.8. The Morgan fingerprint density at radius 1 is 1.30 bits per heavy atom. The fourth-order valence-corrected chi connectivity index (χ4v) is 3.08. The van der Waals surface area contributed by atoms with E-state index in [0.29, 0.717) is 17.7 Å². The second-order valence-corrected chi connectivity index (χ2v) is 6.89. The Labute approximate surface area is 125 Å². The van der Waals surface area contributed by atoms with Crippen LogP contribution in [-0.4, -0.2) is 29.1 Å². The normalized spacial score (nSPS) is 28.4. The Hall–Kier alpha value is -0.570. The number of nitrogens with one attached hydrogen (secondary N) is 1. The van der Waals surface area contributed by atoms with Gasteiger partial charge in [-0.1, -0.05) is 53.9 Å². The van der Waals surface area contributed by atoms with Gasteiger partial charge in [0.2, 0.25) is 5.91 Å². The zero-order chi connectivity index (χ0) is 15.3. The van der Waals surface area contributed by atoms with Crippen LogP contribution < -0.4 is 5.32 Å². The summed E-state index contributed by atoms with van der Waals surface area (Å²) in [5, 5.41) is 3.58. The van der Waals surface area contributed by atoms with Crippen LogP contribution in [0.25, 0.3) is 0 Å². The molecule has 3 nitrogen and oxygen atoms in total. The van der Waals surface area contributed by atoms with Gasteiger partial charge in [0.05, 0.1) is 11.7 Å². The van der Waals surface area contributed by atoms with Crippen LogP contribution in [0.5, 0.6) is 0 Å². The zero-order valence-corrected chi connectivity index (χ0v) is 14.3. The summed E-state index contributed by atoms with van der Waals surface area (Å²) in [7, 11) is 0. The van der Waals surface area contributed by atoms with Crippen LogP contribution >= 0.6 is 0 Å². The average Bonchev–Trinajstić information content (AvgIpc) is 2.68. The molecule has 1 saturated heterocycles. The summed E-state index contributed by atoms with van der Waals surface area (Å²) < 4.78 is 0. The van der Waals surface area contributed by atoms with E-state index in [1.54, 1.807) is 0 Å². The Balaban J connectivity index is 2.80. The molecule has 0 aromatic rings. The molecule has 3 atom stereocenters. The molecule has 1 fully saturated rings. The SMILES string of the molecule is CCCCC(CC)CN1C(=O)C(C)(CC)NC1C(C)C. The van der Waals surface area contributed by atoms with Crippen molar-refractivity contribution in [1.29, 1.82) is 0 Å². The maximum Gasteiger partial charge on any atom is 0.243 e. The first-order chi connectivity index (χ1) is 9.39. The lowest BCUT2D eigenvalue weighted by molar-refractivity contribution is -0.134. The molecular weight excluding hydrogens is 248 g/mol.